The number of benzene rings is 1. The average Bonchev–Trinajstić information content (AvgIpc) is 3.08. The molecular formula is C11H11F2NO2. The fraction of sp³-hybridized carbons (Fsp3) is 0.364. The van der Waals surface area contributed by atoms with E-state index in [-0.39, 0.29) is 17.2 Å². The number of carbonyl (C=O) groups is 1. The molecule has 1 fully saturated rings. The lowest BCUT2D eigenvalue weighted by molar-refractivity contribution is 0.0599. The monoisotopic (exact) mass is 227 g/mol. The van der Waals surface area contributed by atoms with Gasteiger partial charge in [-0.2, -0.15) is 0 Å². The number of rotatable bonds is 2. The van der Waals surface area contributed by atoms with Gasteiger partial charge in [0.2, 0.25) is 0 Å². The average molecular weight is 227 g/mol. The molecule has 0 radical (unpaired) electrons. The number of nitrogens with two attached hydrogens (primary N) is 1. The number of methoxy groups -OCH3 is 1. The molecule has 0 spiro atoms. The van der Waals surface area contributed by atoms with E-state index in [1.807, 2.05) is 0 Å². The normalized spacial score (nSPS) is 14.9. The first-order valence-electron chi connectivity index (χ1n) is 4.92. The van der Waals surface area contributed by atoms with Crippen LogP contribution in [0.2, 0.25) is 0 Å². The summed E-state index contributed by atoms with van der Waals surface area (Å²) in [5.41, 5.74) is 5.63. The first kappa shape index (κ1) is 10.9. The molecule has 2 N–H and O–H groups in total. The highest BCUT2D eigenvalue weighted by molar-refractivity contribution is 5.93. The summed E-state index contributed by atoms with van der Waals surface area (Å²) in [5, 5.41) is 0. The number of halogens is 2. The fourth-order valence-corrected chi connectivity index (χ4v) is 1.75. The number of ether oxygens (including phenoxy) is 1. The Balaban J connectivity index is 2.61. The molecule has 0 aromatic heterocycles. The van der Waals surface area contributed by atoms with Crippen molar-refractivity contribution in [3.05, 3.63) is 28.8 Å². The molecule has 0 bridgehead atoms. The Hall–Kier alpha value is -1.65. The van der Waals surface area contributed by atoms with Crippen molar-refractivity contribution in [1.29, 1.82) is 0 Å². The minimum absolute atomic E-state index is 0.0291. The summed E-state index contributed by atoms with van der Waals surface area (Å²) in [7, 11) is 1.19. The summed E-state index contributed by atoms with van der Waals surface area (Å²) < 4.78 is 30.9. The van der Waals surface area contributed by atoms with Crippen molar-refractivity contribution < 1.29 is 18.3 Å². The second-order valence-electron chi connectivity index (χ2n) is 3.81. The third-order valence-electron chi connectivity index (χ3n) is 2.69. The first-order valence-corrected chi connectivity index (χ1v) is 4.92. The molecule has 0 heterocycles. The predicted octanol–water partition coefficient (Wildman–Crippen LogP) is 2.21. The van der Waals surface area contributed by atoms with Crippen LogP contribution in [0.4, 0.5) is 14.5 Å². The van der Waals surface area contributed by atoms with Gasteiger partial charge in [-0.05, 0) is 30.4 Å². The van der Waals surface area contributed by atoms with Gasteiger partial charge in [0.1, 0.15) is 0 Å². The van der Waals surface area contributed by atoms with Gasteiger partial charge in [0.25, 0.3) is 0 Å². The van der Waals surface area contributed by atoms with Crippen molar-refractivity contribution in [1.82, 2.24) is 0 Å². The molecule has 3 nitrogen and oxygen atoms in total. The fourth-order valence-electron chi connectivity index (χ4n) is 1.75. The third-order valence-corrected chi connectivity index (χ3v) is 2.69. The van der Waals surface area contributed by atoms with E-state index in [1.54, 1.807) is 0 Å². The van der Waals surface area contributed by atoms with Crippen LogP contribution in [0, 0.1) is 11.6 Å². The highest BCUT2D eigenvalue weighted by Gasteiger charge is 2.33. The largest absolute Gasteiger partial charge is 0.465 e. The second-order valence-corrected chi connectivity index (χ2v) is 3.81. The van der Waals surface area contributed by atoms with E-state index in [4.69, 9.17) is 5.73 Å². The van der Waals surface area contributed by atoms with Crippen molar-refractivity contribution in [3.63, 3.8) is 0 Å². The number of hydrogen-bond acceptors (Lipinski definition) is 3. The van der Waals surface area contributed by atoms with E-state index < -0.39 is 17.6 Å². The number of nitrogen functional groups attached to an aromatic ring is 1. The SMILES string of the molecule is COC(=O)c1cc(F)c(F)c(N)c1C1CC1. The zero-order valence-corrected chi connectivity index (χ0v) is 8.72. The van der Waals surface area contributed by atoms with E-state index in [9.17, 15) is 13.6 Å². The quantitative estimate of drug-likeness (QED) is 0.622. The predicted molar refractivity (Wildman–Crippen MR) is 54.1 cm³/mol. The topological polar surface area (TPSA) is 52.3 Å². The van der Waals surface area contributed by atoms with Crippen LogP contribution in [0.1, 0.15) is 34.7 Å². The molecule has 1 aromatic carbocycles. The van der Waals surface area contributed by atoms with Gasteiger partial charge in [-0.1, -0.05) is 0 Å². The van der Waals surface area contributed by atoms with Gasteiger partial charge < -0.3 is 10.5 Å². The molecule has 0 atom stereocenters. The summed E-state index contributed by atoms with van der Waals surface area (Å²) in [5.74, 6) is -2.85. The smallest absolute Gasteiger partial charge is 0.338 e. The summed E-state index contributed by atoms with van der Waals surface area (Å²) in [6, 6.07) is 0.852. The summed E-state index contributed by atoms with van der Waals surface area (Å²) in [6.45, 7) is 0. The van der Waals surface area contributed by atoms with Gasteiger partial charge >= 0.3 is 5.97 Å². The highest BCUT2D eigenvalue weighted by Crippen LogP contribution is 2.45. The van der Waals surface area contributed by atoms with Crippen molar-refractivity contribution in [3.8, 4) is 0 Å². The van der Waals surface area contributed by atoms with E-state index in [0.29, 0.717) is 5.56 Å². The third kappa shape index (κ3) is 1.62. The maximum Gasteiger partial charge on any atom is 0.338 e. The summed E-state index contributed by atoms with van der Waals surface area (Å²) in [4.78, 5) is 11.4. The lowest BCUT2D eigenvalue weighted by Gasteiger charge is -2.11. The van der Waals surface area contributed by atoms with E-state index in [0.717, 1.165) is 18.9 Å². The van der Waals surface area contributed by atoms with Crippen LogP contribution in [0.5, 0.6) is 0 Å². The molecule has 16 heavy (non-hydrogen) atoms. The Labute approximate surface area is 91.2 Å². The van der Waals surface area contributed by atoms with Gasteiger partial charge in [0.15, 0.2) is 11.6 Å². The van der Waals surface area contributed by atoms with Crippen LogP contribution in [0.3, 0.4) is 0 Å². The Bertz CT molecular complexity index is 456. The van der Waals surface area contributed by atoms with Gasteiger partial charge in [0, 0.05) is 0 Å². The molecule has 0 amide bonds. The van der Waals surface area contributed by atoms with E-state index in [2.05, 4.69) is 4.74 Å². The summed E-state index contributed by atoms with van der Waals surface area (Å²) >= 11 is 0. The lowest BCUT2D eigenvalue weighted by Crippen LogP contribution is -2.11. The van der Waals surface area contributed by atoms with Crippen molar-refractivity contribution >= 4 is 11.7 Å². The number of esters is 1. The molecule has 1 aliphatic rings. The van der Waals surface area contributed by atoms with Gasteiger partial charge in [-0.3, -0.25) is 0 Å². The standard InChI is InChI=1S/C11H11F2NO2/c1-16-11(15)6-4-7(12)9(13)10(14)8(6)5-2-3-5/h4-5H,2-3,14H2,1H3. The van der Waals surface area contributed by atoms with Gasteiger partial charge in [-0.15, -0.1) is 0 Å². The van der Waals surface area contributed by atoms with Crippen molar-refractivity contribution in [2.24, 2.45) is 0 Å². The second kappa shape index (κ2) is 3.73. The Morgan fingerprint density at radius 1 is 1.50 bits per heavy atom. The molecule has 1 aromatic rings. The van der Waals surface area contributed by atoms with Crippen molar-refractivity contribution in [2.45, 2.75) is 18.8 Å². The minimum Gasteiger partial charge on any atom is -0.465 e. The number of hydrogen-bond donors (Lipinski definition) is 1. The number of anilines is 1. The zero-order valence-electron chi connectivity index (χ0n) is 8.72. The minimum atomic E-state index is -1.12. The Kier molecular flexibility index (Phi) is 2.53. The van der Waals surface area contributed by atoms with Crippen LogP contribution in [0.25, 0.3) is 0 Å². The van der Waals surface area contributed by atoms with Crippen molar-refractivity contribution in [2.75, 3.05) is 12.8 Å². The molecule has 5 heteroatoms. The van der Waals surface area contributed by atoms with Crippen LogP contribution in [0.15, 0.2) is 6.07 Å². The van der Waals surface area contributed by atoms with Gasteiger partial charge in [-0.25, -0.2) is 13.6 Å². The maximum atomic E-state index is 13.3. The highest BCUT2D eigenvalue weighted by atomic mass is 19.2. The summed E-state index contributed by atoms with van der Waals surface area (Å²) in [6.07, 6.45) is 1.67. The molecular weight excluding hydrogens is 216 g/mol. The Morgan fingerprint density at radius 3 is 2.62 bits per heavy atom. The number of carbonyl (C=O) groups excluding carboxylic acids is 1. The molecule has 0 aliphatic heterocycles. The van der Waals surface area contributed by atoms with Crippen LogP contribution >= 0.6 is 0 Å². The van der Waals surface area contributed by atoms with Crippen LogP contribution in [-0.4, -0.2) is 13.1 Å². The van der Waals surface area contributed by atoms with Crippen LogP contribution < -0.4 is 5.73 Å². The Morgan fingerprint density at radius 2 is 2.12 bits per heavy atom. The van der Waals surface area contributed by atoms with E-state index >= 15 is 0 Å². The molecule has 0 unspecified atom stereocenters. The molecule has 2 rings (SSSR count). The van der Waals surface area contributed by atoms with Crippen LogP contribution in [-0.2, 0) is 4.74 Å². The maximum absolute atomic E-state index is 13.3. The van der Waals surface area contributed by atoms with Gasteiger partial charge in [0.05, 0.1) is 18.4 Å². The molecule has 86 valence electrons. The van der Waals surface area contributed by atoms with E-state index in [1.165, 1.54) is 7.11 Å². The molecule has 0 saturated heterocycles. The molecule has 1 saturated carbocycles. The first-order chi connectivity index (χ1) is 7.56. The lowest BCUT2D eigenvalue weighted by atomic mass is 10.0. The molecule has 1 aliphatic carbocycles. The zero-order chi connectivity index (χ0) is 11.9.